The molecule has 4 heteroatoms. The summed E-state index contributed by atoms with van der Waals surface area (Å²) in [7, 11) is 0. The van der Waals surface area contributed by atoms with Crippen molar-refractivity contribution in [3.05, 3.63) is 0 Å². The van der Waals surface area contributed by atoms with Crippen molar-refractivity contribution in [3.63, 3.8) is 0 Å². The Morgan fingerprint density at radius 2 is 1.35 bits per heavy atom. The van der Waals surface area contributed by atoms with Crippen LogP contribution in [0.2, 0.25) is 0 Å². The SMILES string of the molecule is CCCCCCCCCCCCNNC(N)=S. The van der Waals surface area contributed by atoms with Crippen molar-refractivity contribution in [1.29, 1.82) is 0 Å². The Morgan fingerprint density at radius 1 is 0.882 bits per heavy atom. The molecule has 0 aromatic carbocycles. The highest BCUT2D eigenvalue weighted by Crippen LogP contribution is 2.09. The van der Waals surface area contributed by atoms with Gasteiger partial charge < -0.3 is 5.73 Å². The average molecular weight is 259 g/mol. The summed E-state index contributed by atoms with van der Waals surface area (Å²) < 4.78 is 0. The van der Waals surface area contributed by atoms with E-state index in [9.17, 15) is 0 Å². The molecule has 0 aliphatic carbocycles. The van der Waals surface area contributed by atoms with Crippen LogP contribution < -0.4 is 16.6 Å². The molecule has 3 nitrogen and oxygen atoms in total. The van der Waals surface area contributed by atoms with Crippen molar-refractivity contribution >= 4 is 17.3 Å². The summed E-state index contributed by atoms with van der Waals surface area (Å²) in [6.45, 7) is 3.20. The number of thiocarbonyl (C=S) groups is 1. The molecule has 0 saturated heterocycles. The number of hydrogen-bond donors (Lipinski definition) is 3. The van der Waals surface area contributed by atoms with E-state index in [1.165, 1.54) is 64.2 Å². The van der Waals surface area contributed by atoms with E-state index in [-0.39, 0.29) is 0 Å². The molecular formula is C13H29N3S. The maximum absolute atomic E-state index is 5.28. The van der Waals surface area contributed by atoms with Crippen LogP contribution in [0.15, 0.2) is 0 Å². The van der Waals surface area contributed by atoms with E-state index in [1.54, 1.807) is 0 Å². The molecule has 0 unspecified atom stereocenters. The first kappa shape index (κ1) is 16.6. The van der Waals surface area contributed by atoms with Crippen molar-refractivity contribution in [3.8, 4) is 0 Å². The monoisotopic (exact) mass is 259 g/mol. The highest BCUT2D eigenvalue weighted by Gasteiger charge is 1.92. The Balaban J connectivity index is 2.91. The minimum Gasteiger partial charge on any atom is -0.375 e. The Labute approximate surface area is 112 Å². The van der Waals surface area contributed by atoms with Gasteiger partial charge in [-0.25, -0.2) is 5.43 Å². The molecule has 0 aliphatic heterocycles. The predicted molar refractivity (Wildman–Crippen MR) is 79.8 cm³/mol. The Morgan fingerprint density at radius 3 is 1.82 bits per heavy atom. The third kappa shape index (κ3) is 15.6. The fourth-order valence-electron chi connectivity index (χ4n) is 1.85. The van der Waals surface area contributed by atoms with Gasteiger partial charge in [0, 0.05) is 6.54 Å². The first-order valence-corrected chi connectivity index (χ1v) is 7.46. The highest BCUT2D eigenvalue weighted by atomic mass is 32.1. The summed E-state index contributed by atoms with van der Waals surface area (Å²) in [6, 6.07) is 0. The topological polar surface area (TPSA) is 50.1 Å². The van der Waals surface area contributed by atoms with E-state index in [4.69, 9.17) is 5.73 Å². The molecule has 0 rings (SSSR count). The summed E-state index contributed by atoms with van der Waals surface area (Å²) >= 11 is 4.68. The highest BCUT2D eigenvalue weighted by molar-refractivity contribution is 7.80. The van der Waals surface area contributed by atoms with Crippen LogP contribution in [0.25, 0.3) is 0 Å². The van der Waals surface area contributed by atoms with Crippen LogP contribution in [0.5, 0.6) is 0 Å². The van der Waals surface area contributed by atoms with Gasteiger partial charge in [0.25, 0.3) is 0 Å². The minimum absolute atomic E-state index is 0.317. The molecule has 0 bridgehead atoms. The van der Waals surface area contributed by atoms with Crippen LogP contribution in [-0.4, -0.2) is 11.7 Å². The Hall–Kier alpha value is -0.350. The fourth-order valence-corrected chi connectivity index (χ4v) is 1.92. The lowest BCUT2D eigenvalue weighted by atomic mass is 10.1. The van der Waals surface area contributed by atoms with Gasteiger partial charge in [0.2, 0.25) is 0 Å². The summed E-state index contributed by atoms with van der Waals surface area (Å²) in [5.41, 5.74) is 11.0. The van der Waals surface area contributed by atoms with E-state index in [0.717, 1.165) is 6.54 Å². The maximum Gasteiger partial charge on any atom is 0.178 e. The maximum atomic E-state index is 5.28. The van der Waals surface area contributed by atoms with Crippen molar-refractivity contribution in [2.24, 2.45) is 5.73 Å². The summed E-state index contributed by atoms with van der Waals surface area (Å²) in [4.78, 5) is 0. The van der Waals surface area contributed by atoms with Gasteiger partial charge in [0.15, 0.2) is 5.11 Å². The summed E-state index contributed by atoms with van der Waals surface area (Å²) in [6.07, 6.45) is 13.6. The van der Waals surface area contributed by atoms with Gasteiger partial charge >= 0.3 is 0 Å². The molecule has 0 atom stereocenters. The zero-order valence-corrected chi connectivity index (χ0v) is 12.1. The quantitative estimate of drug-likeness (QED) is 0.286. The van der Waals surface area contributed by atoms with Gasteiger partial charge in [-0.3, -0.25) is 5.43 Å². The van der Waals surface area contributed by atoms with Crippen LogP contribution in [0, 0.1) is 0 Å². The first-order valence-electron chi connectivity index (χ1n) is 7.05. The van der Waals surface area contributed by atoms with Gasteiger partial charge in [-0.15, -0.1) is 0 Å². The second-order valence-corrected chi connectivity index (χ2v) is 5.04. The van der Waals surface area contributed by atoms with E-state index >= 15 is 0 Å². The molecule has 0 aromatic rings. The molecule has 0 radical (unpaired) electrons. The largest absolute Gasteiger partial charge is 0.375 e. The minimum atomic E-state index is 0.317. The lowest BCUT2D eigenvalue weighted by molar-refractivity contribution is 0.538. The lowest BCUT2D eigenvalue weighted by Crippen LogP contribution is -2.41. The van der Waals surface area contributed by atoms with Crippen LogP contribution in [-0.2, 0) is 0 Å². The van der Waals surface area contributed by atoms with Crippen LogP contribution in [0.4, 0.5) is 0 Å². The normalized spacial score (nSPS) is 10.4. The molecule has 0 aliphatic rings. The van der Waals surface area contributed by atoms with Gasteiger partial charge in [-0.2, -0.15) is 0 Å². The van der Waals surface area contributed by atoms with Crippen molar-refractivity contribution in [1.82, 2.24) is 10.9 Å². The molecule has 0 spiro atoms. The van der Waals surface area contributed by atoms with E-state index < -0.39 is 0 Å². The standard InChI is InChI=1S/C13H29N3S/c1-2-3-4-5-6-7-8-9-10-11-12-15-16-13(14)17/h15H,2-12H2,1H3,(H3,14,16,17). The number of hydrogen-bond acceptors (Lipinski definition) is 2. The molecule has 17 heavy (non-hydrogen) atoms. The van der Waals surface area contributed by atoms with E-state index in [2.05, 4.69) is 30.0 Å². The van der Waals surface area contributed by atoms with Gasteiger partial charge in [-0.1, -0.05) is 64.7 Å². The van der Waals surface area contributed by atoms with Gasteiger partial charge in [-0.05, 0) is 18.6 Å². The molecule has 0 fully saturated rings. The summed E-state index contributed by atoms with van der Waals surface area (Å²) in [5, 5.41) is 0.317. The number of rotatable bonds is 12. The molecule has 0 amide bonds. The number of hydrazine groups is 1. The third-order valence-electron chi connectivity index (χ3n) is 2.87. The van der Waals surface area contributed by atoms with Crippen molar-refractivity contribution in [2.75, 3.05) is 6.54 Å². The molecule has 0 heterocycles. The van der Waals surface area contributed by atoms with Gasteiger partial charge in [0.05, 0.1) is 0 Å². The average Bonchev–Trinajstić information content (AvgIpc) is 2.30. The zero-order chi connectivity index (χ0) is 12.8. The molecule has 4 N–H and O–H groups in total. The van der Waals surface area contributed by atoms with Crippen LogP contribution >= 0.6 is 12.2 Å². The smallest absolute Gasteiger partial charge is 0.178 e. The molecule has 0 aromatic heterocycles. The van der Waals surface area contributed by atoms with Crippen LogP contribution in [0.1, 0.15) is 71.1 Å². The molecule has 0 saturated carbocycles. The first-order chi connectivity index (χ1) is 8.27. The fraction of sp³-hybridized carbons (Fsp3) is 0.923. The predicted octanol–water partition coefficient (Wildman–Crippen LogP) is 3.25. The van der Waals surface area contributed by atoms with Crippen molar-refractivity contribution < 1.29 is 0 Å². The summed E-state index contributed by atoms with van der Waals surface area (Å²) in [5.74, 6) is 0. The number of nitrogens with one attached hydrogen (secondary N) is 2. The lowest BCUT2D eigenvalue weighted by Gasteiger charge is -2.05. The van der Waals surface area contributed by atoms with E-state index in [1.807, 2.05) is 0 Å². The Bertz CT molecular complexity index is 174. The number of nitrogens with two attached hydrogens (primary N) is 1. The second-order valence-electron chi connectivity index (χ2n) is 4.60. The van der Waals surface area contributed by atoms with E-state index in [0.29, 0.717) is 5.11 Å². The third-order valence-corrected chi connectivity index (χ3v) is 2.97. The molecular weight excluding hydrogens is 230 g/mol. The van der Waals surface area contributed by atoms with Crippen LogP contribution in [0.3, 0.4) is 0 Å². The Kier molecular flexibility index (Phi) is 13.4. The second kappa shape index (κ2) is 13.7. The molecule has 102 valence electrons. The number of unbranched alkanes of at least 4 members (excludes halogenated alkanes) is 9. The zero-order valence-electron chi connectivity index (χ0n) is 11.3. The van der Waals surface area contributed by atoms with Gasteiger partial charge in [0.1, 0.15) is 0 Å². The van der Waals surface area contributed by atoms with Crippen molar-refractivity contribution in [2.45, 2.75) is 71.1 Å².